The molecule has 1 aliphatic carbocycles. The van der Waals surface area contributed by atoms with Crippen molar-refractivity contribution in [2.24, 2.45) is 4.99 Å². The number of nitrogens with zero attached hydrogens (tertiary/aromatic N) is 1. The lowest BCUT2D eigenvalue weighted by Crippen LogP contribution is -2.05. The van der Waals surface area contributed by atoms with Gasteiger partial charge in [-0.1, -0.05) is 17.8 Å². The number of fused-ring (bicyclic) bond motifs is 1. The third-order valence-electron chi connectivity index (χ3n) is 2.94. The molecule has 0 amide bonds. The normalized spacial score (nSPS) is 18.8. The fourth-order valence-corrected chi connectivity index (χ4v) is 2.93. The van der Waals surface area contributed by atoms with E-state index in [1.54, 1.807) is 0 Å². The molecule has 0 unspecified atom stereocenters. The van der Waals surface area contributed by atoms with Gasteiger partial charge < -0.3 is 5.32 Å². The average Bonchev–Trinajstić information content (AvgIpc) is 2.87. The van der Waals surface area contributed by atoms with Gasteiger partial charge in [0, 0.05) is 11.4 Å². The highest BCUT2D eigenvalue weighted by Gasteiger charge is 2.12. The van der Waals surface area contributed by atoms with Crippen LogP contribution in [0.2, 0.25) is 0 Å². The summed E-state index contributed by atoms with van der Waals surface area (Å²) in [6.45, 7) is 0.956. The minimum atomic E-state index is 0.956. The van der Waals surface area contributed by atoms with Crippen LogP contribution in [0.5, 0.6) is 0 Å². The van der Waals surface area contributed by atoms with Gasteiger partial charge in [0.2, 0.25) is 0 Å². The zero-order valence-electron chi connectivity index (χ0n) is 8.62. The highest BCUT2D eigenvalue weighted by Crippen LogP contribution is 2.25. The molecule has 2 nitrogen and oxygen atoms in total. The van der Waals surface area contributed by atoms with E-state index in [4.69, 9.17) is 0 Å². The third-order valence-corrected chi connectivity index (χ3v) is 3.83. The number of aryl methyl sites for hydroxylation is 2. The largest absolute Gasteiger partial charge is 0.335 e. The van der Waals surface area contributed by atoms with E-state index in [0.29, 0.717) is 0 Å². The summed E-state index contributed by atoms with van der Waals surface area (Å²) in [6, 6.07) is 6.71. The minimum Gasteiger partial charge on any atom is -0.335 e. The summed E-state index contributed by atoms with van der Waals surface area (Å²) in [5, 5.41) is 4.46. The van der Waals surface area contributed by atoms with Crippen molar-refractivity contribution in [3.05, 3.63) is 29.3 Å². The van der Waals surface area contributed by atoms with E-state index < -0.39 is 0 Å². The van der Waals surface area contributed by atoms with Crippen LogP contribution in [0.15, 0.2) is 23.2 Å². The number of benzene rings is 1. The third kappa shape index (κ3) is 1.88. The standard InChI is InChI=1S/C12H14N2S/c1-2-9-4-5-11(8-10(9)3-1)14-12-13-6-7-15-12/h4-5,8H,1-3,6-7H2,(H,13,14). The number of thioether (sulfide) groups is 1. The molecule has 1 aliphatic heterocycles. The molecule has 0 aromatic heterocycles. The second kappa shape index (κ2) is 3.89. The average molecular weight is 218 g/mol. The van der Waals surface area contributed by atoms with E-state index >= 15 is 0 Å². The zero-order valence-corrected chi connectivity index (χ0v) is 9.44. The maximum atomic E-state index is 4.39. The highest BCUT2D eigenvalue weighted by atomic mass is 32.2. The van der Waals surface area contributed by atoms with Crippen LogP contribution in [-0.2, 0) is 12.8 Å². The van der Waals surface area contributed by atoms with Gasteiger partial charge in [-0.25, -0.2) is 0 Å². The molecule has 3 heteroatoms. The van der Waals surface area contributed by atoms with E-state index in [-0.39, 0.29) is 0 Å². The first-order valence-corrected chi connectivity index (χ1v) is 6.46. The quantitative estimate of drug-likeness (QED) is 0.783. The molecular weight excluding hydrogens is 204 g/mol. The van der Waals surface area contributed by atoms with Crippen molar-refractivity contribution < 1.29 is 0 Å². The topological polar surface area (TPSA) is 24.4 Å². The van der Waals surface area contributed by atoms with Crippen LogP contribution in [0, 0.1) is 0 Å². The minimum absolute atomic E-state index is 0.956. The summed E-state index contributed by atoms with van der Waals surface area (Å²) in [7, 11) is 0. The van der Waals surface area contributed by atoms with Gasteiger partial charge >= 0.3 is 0 Å². The molecule has 1 N–H and O–H groups in total. The van der Waals surface area contributed by atoms with Gasteiger partial charge in [0.25, 0.3) is 0 Å². The number of anilines is 1. The molecule has 0 radical (unpaired) electrons. The Hall–Kier alpha value is -0.960. The molecule has 0 spiro atoms. The molecule has 1 heterocycles. The molecule has 1 aromatic carbocycles. The molecule has 0 fully saturated rings. The number of rotatable bonds is 1. The summed E-state index contributed by atoms with van der Waals surface area (Å²) in [4.78, 5) is 4.39. The maximum absolute atomic E-state index is 4.39. The summed E-state index contributed by atoms with van der Waals surface area (Å²) in [5.41, 5.74) is 4.24. The van der Waals surface area contributed by atoms with Gasteiger partial charge in [-0.15, -0.1) is 0 Å². The summed E-state index contributed by atoms with van der Waals surface area (Å²) in [5.74, 6) is 1.12. The van der Waals surface area contributed by atoms with Crippen molar-refractivity contribution in [3.63, 3.8) is 0 Å². The predicted octanol–water partition coefficient (Wildman–Crippen LogP) is 2.69. The second-order valence-corrected chi connectivity index (χ2v) is 5.08. The predicted molar refractivity (Wildman–Crippen MR) is 66.8 cm³/mol. The number of nitrogens with one attached hydrogen (secondary N) is 1. The number of hydrogen-bond donors (Lipinski definition) is 1. The zero-order chi connectivity index (χ0) is 10.1. The van der Waals surface area contributed by atoms with E-state index in [2.05, 4.69) is 28.5 Å². The number of hydrogen-bond acceptors (Lipinski definition) is 3. The molecular formula is C12H14N2S. The van der Waals surface area contributed by atoms with E-state index in [9.17, 15) is 0 Å². The number of amidine groups is 1. The fourth-order valence-electron chi connectivity index (χ4n) is 2.18. The summed E-state index contributed by atoms with van der Waals surface area (Å²) in [6.07, 6.45) is 3.81. The SMILES string of the molecule is c1cc2c(cc1NC1=NCCS1)CCC2. The molecule has 0 bridgehead atoms. The lowest BCUT2D eigenvalue weighted by atomic mass is 10.1. The second-order valence-electron chi connectivity index (χ2n) is 4.00. The van der Waals surface area contributed by atoms with Crippen molar-refractivity contribution in [3.8, 4) is 0 Å². The Labute approximate surface area is 94.2 Å². The Morgan fingerprint density at radius 2 is 2.13 bits per heavy atom. The number of aliphatic imine (C=N–C) groups is 1. The molecule has 0 atom stereocenters. The van der Waals surface area contributed by atoms with Crippen molar-refractivity contribution >= 4 is 22.6 Å². The summed E-state index contributed by atoms with van der Waals surface area (Å²) < 4.78 is 0. The fraction of sp³-hybridized carbons (Fsp3) is 0.417. The van der Waals surface area contributed by atoms with E-state index in [1.165, 1.54) is 36.1 Å². The van der Waals surface area contributed by atoms with Crippen LogP contribution in [0.25, 0.3) is 0 Å². The highest BCUT2D eigenvalue weighted by molar-refractivity contribution is 8.14. The first-order chi connectivity index (χ1) is 7.42. The van der Waals surface area contributed by atoms with Crippen molar-refractivity contribution in [2.75, 3.05) is 17.6 Å². The Kier molecular flexibility index (Phi) is 2.41. The first-order valence-electron chi connectivity index (χ1n) is 5.48. The monoisotopic (exact) mass is 218 g/mol. The van der Waals surface area contributed by atoms with Gasteiger partial charge in [-0.05, 0) is 42.5 Å². The molecule has 78 valence electrons. The molecule has 0 saturated heterocycles. The molecule has 3 rings (SSSR count). The van der Waals surface area contributed by atoms with Gasteiger partial charge in [0.1, 0.15) is 0 Å². The van der Waals surface area contributed by atoms with Crippen LogP contribution >= 0.6 is 11.8 Å². The van der Waals surface area contributed by atoms with Gasteiger partial charge in [0.05, 0.1) is 6.54 Å². The Morgan fingerprint density at radius 3 is 3.00 bits per heavy atom. The maximum Gasteiger partial charge on any atom is 0.161 e. The van der Waals surface area contributed by atoms with Crippen LogP contribution in [-0.4, -0.2) is 17.5 Å². The van der Waals surface area contributed by atoms with Crippen molar-refractivity contribution in [1.82, 2.24) is 0 Å². The first kappa shape index (κ1) is 9.28. The van der Waals surface area contributed by atoms with Crippen LogP contribution in [0.4, 0.5) is 5.69 Å². The van der Waals surface area contributed by atoms with E-state index in [1.807, 2.05) is 11.8 Å². The molecule has 15 heavy (non-hydrogen) atoms. The smallest absolute Gasteiger partial charge is 0.161 e. The Balaban J connectivity index is 1.80. The molecule has 1 aromatic rings. The van der Waals surface area contributed by atoms with Crippen LogP contribution in [0.1, 0.15) is 17.5 Å². The van der Waals surface area contributed by atoms with Crippen LogP contribution < -0.4 is 5.32 Å². The lowest BCUT2D eigenvalue weighted by molar-refractivity contribution is 0.912. The molecule has 0 saturated carbocycles. The van der Waals surface area contributed by atoms with Crippen molar-refractivity contribution in [1.29, 1.82) is 0 Å². The van der Waals surface area contributed by atoms with Gasteiger partial charge in [0.15, 0.2) is 5.17 Å². The van der Waals surface area contributed by atoms with Gasteiger partial charge in [-0.3, -0.25) is 4.99 Å². The molecule has 2 aliphatic rings. The van der Waals surface area contributed by atoms with Crippen LogP contribution in [0.3, 0.4) is 0 Å². The van der Waals surface area contributed by atoms with Gasteiger partial charge in [-0.2, -0.15) is 0 Å². The lowest BCUT2D eigenvalue weighted by Gasteiger charge is -2.07. The van der Waals surface area contributed by atoms with E-state index in [0.717, 1.165) is 17.5 Å². The summed E-state index contributed by atoms with van der Waals surface area (Å²) >= 11 is 1.81. The van der Waals surface area contributed by atoms with Crippen molar-refractivity contribution in [2.45, 2.75) is 19.3 Å². The Bertz CT molecular complexity index is 412. The Morgan fingerprint density at radius 1 is 1.20 bits per heavy atom.